The number of hydrogen-bond donors (Lipinski definition) is 2. The number of likely N-dealkylation sites (tertiary alicyclic amines) is 1. The van der Waals surface area contributed by atoms with Gasteiger partial charge >= 0.3 is 0 Å². The van der Waals surface area contributed by atoms with Gasteiger partial charge < -0.3 is 15.6 Å². The van der Waals surface area contributed by atoms with Crippen LogP contribution in [0.4, 0.5) is 0 Å². The molecule has 0 saturated carbocycles. The molecule has 0 aliphatic carbocycles. The van der Waals surface area contributed by atoms with Gasteiger partial charge in [0.05, 0.1) is 18.8 Å². The molecule has 2 aliphatic heterocycles. The Morgan fingerprint density at radius 3 is 2.56 bits per heavy atom. The van der Waals surface area contributed by atoms with Crippen molar-refractivity contribution in [1.29, 1.82) is 0 Å². The van der Waals surface area contributed by atoms with E-state index in [1.807, 2.05) is 0 Å². The lowest BCUT2D eigenvalue weighted by Crippen LogP contribution is -2.53. The van der Waals surface area contributed by atoms with Crippen molar-refractivity contribution < 1.29 is 14.6 Å². The summed E-state index contributed by atoms with van der Waals surface area (Å²) in [5.41, 5.74) is 5.29. The Morgan fingerprint density at radius 2 is 2.00 bits per heavy atom. The number of nitrogens with two attached hydrogens (primary N) is 1. The third kappa shape index (κ3) is 2.53. The number of amides is 1. The minimum atomic E-state index is -0.293. The molecule has 0 spiro atoms. The van der Waals surface area contributed by atoms with Gasteiger partial charge in [-0.2, -0.15) is 0 Å². The second-order valence-corrected chi connectivity index (χ2v) is 4.71. The van der Waals surface area contributed by atoms with E-state index < -0.39 is 0 Å². The Labute approximate surface area is 95.5 Å². The first-order chi connectivity index (χ1) is 7.68. The monoisotopic (exact) mass is 228 g/mol. The summed E-state index contributed by atoms with van der Waals surface area (Å²) >= 11 is 0. The van der Waals surface area contributed by atoms with Gasteiger partial charge in [0.1, 0.15) is 0 Å². The van der Waals surface area contributed by atoms with Crippen LogP contribution in [0.1, 0.15) is 19.3 Å². The topological polar surface area (TPSA) is 75.8 Å². The van der Waals surface area contributed by atoms with E-state index in [1.165, 1.54) is 0 Å². The lowest BCUT2D eigenvalue weighted by atomic mass is 9.93. The summed E-state index contributed by atoms with van der Waals surface area (Å²) in [6, 6.07) is 0.0996. The SMILES string of the molecule is NC(=O)C1CCN([C@@H]2COCC[C@H]2O)CC1. The predicted molar refractivity (Wildman–Crippen MR) is 58.7 cm³/mol. The van der Waals surface area contributed by atoms with Crippen LogP contribution in [0.15, 0.2) is 0 Å². The fraction of sp³-hybridized carbons (Fsp3) is 0.909. The van der Waals surface area contributed by atoms with Gasteiger partial charge in [0.15, 0.2) is 0 Å². The van der Waals surface area contributed by atoms with E-state index in [0.717, 1.165) is 25.9 Å². The molecule has 0 aromatic rings. The lowest BCUT2D eigenvalue weighted by molar-refractivity contribution is -0.124. The molecule has 0 aromatic carbocycles. The molecule has 5 nitrogen and oxygen atoms in total. The predicted octanol–water partition coefficient (Wildman–Crippen LogP) is -0.667. The van der Waals surface area contributed by atoms with Crippen molar-refractivity contribution in [2.75, 3.05) is 26.3 Å². The molecule has 2 heterocycles. The van der Waals surface area contributed by atoms with Crippen molar-refractivity contribution in [3.05, 3.63) is 0 Å². The Bertz CT molecular complexity index is 252. The van der Waals surface area contributed by atoms with Crippen molar-refractivity contribution >= 4 is 5.91 Å². The van der Waals surface area contributed by atoms with Gasteiger partial charge in [0.25, 0.3) is 0 Å². The Kier molecular flexibility index (Phi) is 3.78. The van der Waals surface area contributed by atoms with Crippen molar-refractivity contribution in [3.8, 4) is 0 Å². The molecule has 92 valence electrons. The van der Waals surface area contributed by atoms with Gasteiger partial charge in [-0.25, -0.2) is 0 Å². The van der Waals surface area contributed by atoms with Crippen LogP contribution in [0.3, 0.4) is 0 Å². The number of nitrogens with zero attached hydrogens (tertiary/aromatic N) is 1. The normalized spacial score (nSPS) is 33.8. The van der Waals surface area contributed by atoms with Gasteiger partial charge in [0, 0.05) is 12.5 Å². The van der Waals surface area contributed by atoms with Crippen LogP contribution in [0, 0.1) is 5.92 Å². The smallest absolute Gasteiger partial charge is 0.220 e. The maximum atomic E-state index is 11.0. The minimum absolute atomic E-state index is 0.0119. The van der Waals surface area contributed by atoms with Crippen molar-refractivity contribution in [2.24, 2.45) is 11.7 Å². The molecular formula is C11H20N2O3. The first kappa shape index (κ1) is 11.8. The highest BCUT2D eigenvalue weighted by atomic mass is 16.5. The van der Waals surface area contributed by atoms with Crippen molar-refractivity contribution in [1.82, 2.24) is 4.90 Å². The zero-order valence-electron chi connectivity index (χ0n) is 9.47. The van der Waals surface area contributed by atoms with E-state index >= 15 is 0 Å². The van der Waals surface area contributed by atoms with Crippen molar-refractivity contribution in [3.63, 3.8) is 0 Å². The molecule has 0 unspecified atom stereocenters. The summed E-state index contributed by atoms with van der Waals surface area (Å²) in [6.07, 6.45) is 2.02. The van der Waals surface area contributed by atoms with Crippen LogP contribution < -0.4 is 5.73 Å². The van der Waals surface area contributed by atoms with Gasteiger partial charge in [-0.15, -0.1) is 0 Å². The second kappa shape index (κ2) is 5.12. The summed E-state index contributed by atoms with van der Waals surface area (Å²) in [4.78, 5) is 13.3. The Morgan fingerprint density at radius 1 is 1.31 bits per heavy atom. The van der Waals surface area contributed by atoms with Gasteiger partial charge in [-0.3, -0.25) is 9.69 Å². The summed E-state index contributed by atoms with van der Waals surface area (Å²) in [6.45, 7) is 2.91. The van der Waals surface area contributed by atoms with E-state index in [4.69, 9.17) is 10.5 Å². The molecule has 16 heavy (non-hydrogen) atoms. The van der Waals surface area contributed by atoms with Crippen LogP contribution in [0.2, 0.25) is 0 Å². The first-order valence-corrected chi connectivity index (χ1v) is 5.97. The Hall–Kier alpha value is -0.650. The number of carbonyl (C=O) groups is 1. The zero-order valence-corrected chi connectivity index (χ0v) is 9.47. The van der Waals surface area contributed by atoms with Crippen LogP contribution in [-0.2, 0) is 9.53 Å². The molecule has 0 radical (unpaired) electrons. The number of carbonyl (C=O) groups excluding carboxylic acids is 1. The maximum Gasteiger partial charge on any atom is 0.220 e. The standard InChI is InChI=1S/C11H20N2O3/c12-11(15)8-1-4-13(5-2-8)9-7-16-6-3-10(9)14/h8-10,14H,1-7H2,(H2,12,15)/t9-,10-/m1/s1. The summed E-state index contributed by atoms with van der Waals surface area (Å²) in [7, 11) is 0. The van der Waals surface area contributed by atoms with Crippen LogP contribution in [0.5, 0.6) is 0 Å². The average Bonchev–Trinajstić information content (AvgIpc) is 2.30. The van der Waals surface area contributed by atoms with E-state index in [9.17, 15) is 9.90 Å². The zero-order chi connectivity index (χ0) is 11.5. The second-order valence-electron chi connectivity index (χ2n) is 4.71. The van der Waals surface area contributed by atoms with Gasteiger partial charge in [-0.1, -0.05) is 0 Å². The van der Waals surface area contributed by atoms with E-state index in [2.05, 4.69) is 4.90 Å². The molecule has 3 N–H and O–H groups in total. The fourth-order valence-electron chi connectivity index (χ4n) is 2.58. The molecular weight excluding hydrogens is 208 g/mol. The highest BCUT2D eigenvalue weighted by molar-refractivity contribution is 5.76. The number of primary amides is 1. The highest BCUT2D eigenvalue weighted by Gasteiger charge is 2.33. The van der Waals surface area contributed by atoms with Crippen LogP contribution in [-0.4, -0.2) is 54.4 Å². The number of hydrogen-bond acceptors (Lipinski definition) is 4. The summed E-state index contributed by atoms with van der Waals surface area (Å²) in [5.74, 6) is -0.182. The molecule has 5 heteroatoms. The molecule has 2 aliphatic rings. The molecule has 2 fully saturated rings. The van der Waals surface area contributed by atoms with Crippen LogP contribution >= 0.6 is 0 Å². The van der Waals surface area contributed by atoms with E-state index in [0.29, 0.717) is 19.6 Å². The molecule has 2 saturated heterocycles. The fourth-order valence-corrected chi connectivity index (χ4v) is 2.58. The molecule has 2 atom stereocenters. The van der Waals surface area contributed by atoms with Crippen LogP contribution in [0.25, 0.3) is 0 Å². The quantitative estimate of drug-likeness (QED) is 0.657. The molecule has 0 bridgehead atoms. The highest BCUT2D eigenvalue weighted by Crippen LogP contribution is 2.22. The third-order valence-corrected chi connectivity index (χ3v) is 3.69. The van der Waals surface area contributed by atoms with E-state index in [-0.39, 0.29) is 24.0 Å². The number of piperidine rings is 1. The van der Waals surface area contributed by atoms with Gasteiger partial charge in [0.2, 0.25) is 5.91 Å². The molecule has 1 amide bonds. The largest absolute Gasteiger partial charge is 0.391 e. The first-order valence-electron chi connectivity index (χ1n) is 5.97. The maximum absolute atomic E-state index is 11.0. The minimum Gasteiger partial charge on any atom is -0.391 e. The number of aliphatic hydroxyl groups excluding tert-OH is 1. The number of ether oxygens (including phenoxy) is 1. The Balaban J connectivity index is 1.85. The van der Waals surface area contributed by atoms with Gasteiger partial charge in [-0.05, 0) is 32.4 Å². The number of rotatable bonds is 2. The third-order valence-electron chi connectivity index (χ3n) is 3.69. The van der Waals surface area contributed by atoms with E-state index in [1.54, 1.807) is 0 Å². The molecule has 0 aromatic heterocycles. The average molecular weight is 228 g/mol. The number of aliphatic hydroxyl groups is 1. The summed E-state index contributed by atoms with van der Waals surface area (Å²) in [5, 5.41) is 9.88. The molecule has 2 rings (SSSR count). The lowest BCUT2D eigenvalue weighted by Gasteiger charge is -2.40. The summed E-state index contributed by atoms with van der Waals surface area (Å²) < 4.78 is 5.39. The van der Waals surface area contributed by atoms with Crippen molar-refractivity contribution in [2.45, 2.75) is 31.4 Å².